The molecule has 2 aromatic rings. The maximum Gasteiger partial charge on any atom is 0.265 e. The quantitative estimate of drug-likeness (QED) is 0.594. The summed E-state index contributed by atoms with van der Waals surface area (Å²) in [6.07, 6.45) is 1.01. The summed E-state index contributed by atoms with van der Waals surface area (Å²) in [4.78, 5) is 12.6. The molecule has 176 valence electrons. The third-order valence-electron chi connectivity index (χ3n) is 6.03. The van der Waals surface area contributed by atoms with Gasteiger partial charge in [-0.3, -0.25) is 4.79 Å². The number of carbonyl (C=O) groups excluding carboxylic acids is 1. The fraction of sp³-hybridized carbons (Fsp3) is 0.500. The first-order chi connectivity index (χ1) is 15.6. The highest BCUT2D eigenvalue weighted by Gasteiger charge is 2.37. The molecule has 3 atom stereocenters. The molecule has 1 unspecified atom stereocenters. The lowest BCUT2D eigenvalue weighted by atomic mass is 9.79. The van der Waals surface area contributed by atoms with Crippen molar-refractivity contribution >= 4 is 13.8 Å². The molecule has 0 spiro atoms. The molecule has 9 heteroatoms. The Kier molecular flexibility index (Phi) is 6.63. The molecule has 2 heterocycles. The Morgan fingerprint density at radius 1 is 1.39 bits per heavy atom. The second-order valence-electron chi connectivity index (χ2n) is 9.48. The van der Waals surface area contributed by atoms with Crippen LogP contribution < -0.4 is 10.1 Å². The Bertz CT molecular complexity index is 1030. The van der Waals surface area contributed by atoms with Crippen molar-refractivity contribution < 1.29 is 28.3 Å². The molecule has 0 bridgehead atoms. The van der Waals surface area contributed by atoms with E-state index in [9.17, 15) is 14.3 Å². The number of hydrogen-bond acceptors (Lipinski definition) is 6. The van der Waals surface area contributed by atoms with E-state index in [2.05, 4.69) is 17.1 Å². The van der Waals surface area contributed by atoms with E-state index in [1.165, 1.54) is 14.8 Å². The minimum atomic E-state index is -1.63. The highest BCUT2D eigenvalue weighted by atomic mass is 19.2. The van der Waals surface area contributed by atoms with Crippen molar-refractivity contribution in [1.29, 1.82) is 0 Å². The molecule has 7 nitrogen and oxygen atoms in total. The van der Waals surface area contributed by atoms with Crippen LogP contribution in [-0.4, -0.2) is 42.0 Å². The van der Waals surface area contributed by atoms with Gasteiger partial charge >= 0.3 is 0 Å². The molecule has 1 aromatic heterocycles. The van der Waals surface area contributed by atoms with Gasteiger partial charge in [-0.15, -0.1) is 0 Å². The third-order valence-corrected chi connectivity index (χ3v) is 6.03. The predicted octanol–water partition coefficient (Wildman–Crippen LogP) is 2.97. The average Bonchev–Trinajstić information content (AvgIpc) is 3.17. The van der Waals surface area contributed by atoms with E-state index in [0.29, 0.717) is 35.6 Å². The molecule has 1 amide bonds. The third kappa shape index (κ3) is 5.84. The number of halogens is 1. The van der Waals surface area contributed by atoms with E-state index in [-0.39, 0.29) is 24.3 Å². The van der Waals surface area contributed by atoms with Gasteiger partial charge < -0.3 is 24.4 Å². The Morgan fingerprint density at radius 2 is 2.15 bits per heavy atom. The lowest BCUT2D eigenvalue weighted by molar-refractivity contribution is -0.138. The number of aliphatic hydroxyl groups excluding tert-OH is 1. The minimum absolute atomic E-state index is 0.0957. The molecule has 33 heavy (non-hydrogen) atoms. The molecule has 1 aliphatic carbocycles. The fourth-order valence-corrected chi connectivity index (χ4v) is 4.26. The highest BCUT2D eigenvalue weighted by molar-refractivity contribution is 6.12. The molecular formula is C24H30BFN2O5. The van der Waals surface area contributed by atoms with Crippen LogP contribution >= 0.6 is 0 Å². The summed E-state index contributed by atoms with van der Waals surface area (Å²) in [7, 11) is 1.41. The van der Waals surface area contributed by atoms with Gasteiger partial charge in [0.2, 0.25) is 0 Å². The van der Waals surface area contributed by atoms with Crippen molar-refractivity contribution in [3.05, 3.63) is 59.1 Å². The lowest BCUT2D eigenvalue weighted by Crippen LogP contribution is -2.41. The van der Waals surface area contributed by atoms with Gasteiger partial charge in [0.05, 0.1) is 17.9 Å². The SMILES string of the molecule is BC(C)(F)OC1CC(c2cc(CCC(=C)NC(=O)[C@H]3C[C@@H](O)c4cc(C)ccc4O3)on2)C1. The topological polar surface area (TPSA) is 93.8 Å². The average molecular weight is 456 g/mol. The molecule has 2 N–H and O–H groups in total. The van der Waals surface area contributed by atoms with E-state index in [0.717, 1.165) is 24.1 Å². The zero-order valence-electron chi connectivity index (χ0n) is 19.3. The standard InChI is InChI=1S/C24H30BFN2O5/c1-13-4-7-21-18(8-13)20(29)12-22(31-21)23(30)27-14(2)5-6-16-11-19(28-33-16)15-9-17(10-15)32-24(3,25)26/h4,7-8,11,15,17,20,22,29H,2,5-6,9-10,12,25H2,1,3H3,(H,27,30)/t15?,17?,20-,22-,24?/m1/s1. The minimum Gasteiger partial charge on any atom is -0.480 e. The summed E-state index contributed by atoms with van der Waals surface area (Å²) < 4.78 is 30.1. The monoisotopic (exact) mass is 456 g/mol. The molecule has 1 saturated carbocycles. The summed E-state index contributed by atoms with van der Waals surface area (Å²) in [5.74, 6) is -0.528. The fourth-order valence-electron chi connectivity index (χ4n) is 4.26. The summed E-state index contributed by atoms with van der Waals surface area (Å²) in [6, 6.07) is 7.43. The Labute approximate surface area is 193 Å². The molecule has 1 aliphatic heterocycles. The van der Waals surface area contributed by atoms with Gasteiger partial charge in [-0.25, -0.2) is 4.39 Å². The van der Waals surface area contributed by atoms with Crippen molar-refractivity contribution in [3.8, 4) is 5.75 Å². The smallest absolute Gasteiger partial charge is 0.265 e. The van der Waals surface area contributed by atoms with Crippen LogP contribution in [0.4, 0.5) is 4.39 Å². The summed E-state index contributed by atoms with van der Waals surface area (Å²) in [6.45, 7) is 7.28. The Balaban J connectivity index is 1.23. The Hall–Kier alpha value is -2.65. The number of aliphatic hydroxyl groups is 1. The van der Waals surface area contributed by atoms with Gasteiger partial charge in [0.1, 0.15) is 11.5 Å². The molecule has 2 aliphatic rings. The van der Waals surface area contributed by atoms with Crippen LogP contribution in [0.1, 0.15) is 67.2 Å². The van der Waals surface area contributed by atoms with E-state index in [4.69, 9.17) is 14.0 Å². The van der Waals surface area contributed by atoms with Crippen molar-refractivity contribution in [3.63, 3.8) is 0 Å². The number of amides is 1. The maximum atomic E-state index is 13.6. The largest absolute Gasteiger partial charge is 0.480 e. The maximum absolute atomic E-state index is 13.6. The highest BCUT2D eigenvalue weighted by Crippen LogP contribution is 2.40. The van der Waals surface area contributed by atoms with Gasteiger partial charge in [0, 0.05) is 36.1 Å². The number of hydrogen-bond donors (Lipinski definition) is 2. The number of aromatic nitrogens is 1. The zero-order valence-corrected chi connectivity index (χ0v) is 19.3. The number of alkyl halides is 1. The van der Waals surface area contributed by atoms with E-state index in [1.807, 2.05) is 25.1 Å². The number of ether oxygens (including phenoxy) is 2. The predicted molar refractivity (Wildman–Crippen MR) is 122 cm³/mol. The summed E-state index contributed by atoms with van der Waals surface area (Å²) >= 11 is 0. The number of nitrogens with one attached hydrogen (secondary N) is 1. The molecule has 4 rings (SSSR count). The van der Waals surface area contributed by atoms with Gasteiger partial charge in [0.15, 0.2) is 19.7 Å². The summed E-state index contributed by atoms with van der Waals surface area (Å²) in [5, 5.41) is 17.3. The van der Waals surface area contributed by atoms with Crippen LogP contribution in [0.25, 0.3) is 0 Å². The van der Waals surface area contributed by atoms with Crippen LogP contribution in [0, 0.1) is 6.92 Å². The normalized spacial score (nSPS) is 25.8. The number of nitrogens with zero attached hydrogens (tertiary/aromatic N) is 1. The van der Waals surface area contributed by atoms with Crippen LogP contribution in [0.2, 0.25) is 0 Å². The zero-order chi connectivity index (χ0) is 23.8. The van der Waals surface area contributed by atoms with Crippen molar-refractivity contribution in [2.45, 2.75) is 75.9 Å². The van der Waals surface area contributed by atoms with Gasteiger partial charge in [-0.2, -0.15) is 0 Å². The first-order valence-electron chi connectivity index (χ1n) is 11.3. The van der Waals surface area contributed by atoms with Crippen LogP contribution in [-0.2, 0) is 16.0 Å². The molecule has 1 aromatic carbocycles. The van der Waals surface area contributed by atoms with E-state index >= 15 is 0 Å². The number of fused-ring (bicyclic) bond motifs is 1. The number of allylic oxidation sites excluding steroid dienone is 1. The van der Waals surface area contributed by atoms with Crippen LogP contribution in [0.3, 0.4) is 0 Å². The van der Waals surface area contributed by atoms with Crippen molar-refractivity contribution in [1.82, 2.24) is 10.5 Å². The van der Waals surface area contributed by atoms with Crippen LogP contribution in [0.5, 0.6) is 5.75 Å². The van der Waals surface area contributed by atoms with Gasteiger partial charge in [0.25, 0.3) is 5.91 Å². The second kappa shape index (κ2) is 9.31. The van der Waals surface area contributed by atoms with Crippen LogP contribution in [0.15, 0.2) is 41.1 Å². The first kappa shape index (κ1) is 23.5. The van der Waals surface area contributed by atoms with Crippen molar-refractivity contribution in [2.75, 3.05) is 0 Å². The number of benzene rings is 1. The second-order valence-corrected chi connectivity index (χ2v) is 9.48. The number of aryl methyl sites for hydroxylation is 2. The Morgan fingerprint density at radius 3 is 2.88 bits per heavy atom. The number of carbonyl (C=O) groups is 1. The van der Waals surface area contributed by atoms with Gasteiger partial charge in [-0.05, 0) is 45.2 Å². The number of rotatable bonds is 8. The van der Waals surface area contributed by atoms with E-state index < -0.39 is 18.0 Å². The molecule has 0 saturated heterocycles. The molecular weight excluding hydrogens is 426 g/mol. The first-order valence-corrected chi connectivity index (χ1v) is 11.3. The van der Waals surface area contributed by atoms with Crippen molar-refractivity contribution in [2.24, 2.45) is 0 Å². The molecule has 1 fully saturated rings. The molecule has 0 radical (unpaired) electrons. The van der Waals surface area contributed by atoms with E-state index in [1.54, 1.807) is 6.07 Å². The lowest BCUT2D eigenvalue weighted by Gasteiger charge is -2.36. The van der Waals surface area contributed by atoms with Gasteiger partial charge in [-0.1, -0.05) is 23.4 Å². The summed E-state index contributed by atoms with van der Waals surface area (Å²) in [5.41, 5.74) is 3.11.